The monoisotopic (exact) mass is 471 g/mol. The first-order valence-corrected chi connectivity index (χ1v) is 12.3. The molecule has 8 heteroatoms. The van der Waals surface area contributed by atoms with Crippen molar-refractivity contribution in [1.82, 2.24) is 15.5 Å². The van der Waals surface area contributed by atoms with Gasteiger partial charge in [-0.05, 0) is 52.5 Å². The van der Waals surface area contributed by atoms with Crippen LogP contribution in [0.3, 0.4) is 0 Å². The average molecular weight is 472 g/mol. The highest BCUT2D eigenvalue weighted by Gasteiger charge is 2.78. The van der Waals surface area contributed by atoms with Gasteiger partial charge >= 0.3 is 0 Å². The van der Waals surface area contributed by atoms with Gasteiger partial charge in [0.05, 0.1) is 30.1 Å². The molecule has 0 aliphatic carbocycles. The summed E-state index contributed by atoms with van der Waals surface area (Å²) in [6.45, 7) is 9.68. The van der Waals surface area contributed by atoms with Crippen LogP contribution >= 0.6 is 0 Å². The number of fused-ring (bicyclic) bond motifs is 1. The van der Waals surface area contributed by atoms with E-state index in [9.17, 15) is 19.5 Å². The Balaban J connectivity index is 1.82. The molecule has 3 amide bonds. The summed E-state index contributed by atoms with van der Waals surface area (Å²) in [4.78, 5) is 42.7. The molecular weight excluding hydrogens is 434 g/mol. The number of amides is 3. The van der Waals surface area contributed by atoms with E-state index in [1.165, 1.54) is 4.90 Å². The van der Waals surface area contributed by atoms with E-state index in [0.29, 0.717) is 19.4 Å². The van der Waals surface area contributed by atoms with Gasteiger partial charge < -0.3 is 25.4 Å². The van der Waals surface area contributed by atoms with Crippen LogP contribution in [0.25, 0.3) is 0 Å². The van der Waals surface area contributed by atoms with Gasteiger partial charge in [0.2, 0.25) is 17.7 Å². The zero-order valence-electron chi connectivity index (χ0n) is 20.8. The van der Waals surface area contributed by atoms with Crippen molar-refractivity contribution < 1.29 is 24.2 Å². The van der Waals surface area contributed by atoms with Crippen molar-refractivity contribution in [3.05, 3.63) is 35.9 Å². The minimum Gasteiger partial charge on any atom is -0.394 e. The molecule has 186 valence electrons. The lowest BCUT2D eigenvalue weighted by Crippen LogP contribution is -2.59. The number of nitrogens with one attached hydrogen (secondary N) is 2. The summed E-state index contributed by atoms with van der Waals surface area (Å²) in [5.74, 6) is -2.31. The van der Waals surface area contributed by atoms with Crippen LogP contribution in [0, 0.1) is 11.8 Å². The molecule has 1 aromatic rings. The minimum absolute atomic E-state index is 0.207. The number of aliphatic hydroxyl groups is 1. The van der Waals surface area contributed by atoms with E-state index in [1.807, 2.05) is 65.0 Å². The average Bonchev–Trinajstić information content (AvgIpc) is 3.33. The number of carbonyl (C=O) groups excluding carboxylic acids is 3. The Morgan fingerprint density at radius 2 is 1.88 bits per heavy atom. The fraction of sp³-hybridized carbons (Fsp3) is 0.654. The van der Waals surface area contributed by atoms with Crippen molar-refractivity contribution in [2.75, 3.05) is 13.2 Å². The zero-order valence-corrected chi connectivity index (χ0v) is 20.8. The Morgan fingerprint density at radius 1 is 1.21 bits per heavy atom. The number of benzene rings is 1. The summed E-state index contributed by atoms with van der Waals surface area (Å²) >= 11 is 0. The highest BCUT2D eigenvalue weighted by atomic mass is 16.5. The van der Waals surface area contributed by atoms with Crippen molar-refractivity contribution >= 4 is 17.7 Å². The summed E-state index contributed by atoms with van der Waals surface area (Å²) in [6, 6.07) is 7.54. The van der Waals surface area contributed by atoms with Gasteiger partial charge in [-0.1, -0.05) is 37.3 Å². The number of rotatable bonds is 7. The summed E-state index contributed by atoms with van der Waals surface area (Å²) in [6.07, 6.45) is 1.87. The summed E-state index contributed by atoms with van der Waals surface area (Å²) in [5.41, 5.74) is -1.72. The number of hydrogen-bond acceptors (Lipinski definition) is 5. The molecule has 2 unspecified atom stereocenters. The Bertz CT molecular complexity index is 961. The molecule has 4 rings (SSSR count). The summed E-state index contributed by atoms with van der Waals surface area (Å²) < 4.78 is 6.60. The summed E-state index contributed by atoms with van der Waals surface area (Å²) in [7, 11) is 0. The van der Waals surface area contributed by atoms with Gasteiger partial charge in [0.25, 0.3) is 0 Å². The molecule has 1 aromatic carbocycles. The SMILES string of the molecule is CCCNC(=O)[C@H]1[C@H]2C(=O)N([C@H](CO)c3ccccc3)C(C(=O)NC(C)(C)C)C23CC[C@]1(C)O3. The maximum absolute atomic E-state index is 14.1. The van der Waals surface area contributed by atoms with Gasteiger partial charge in [0, 0.05) is 12.1 Å². The molecule has 8 nitrogen and oxygen atoms in total. The Morgan fingerprint density at radius 3 is 2.47 bits per heavy atom. The molecule has 3 aliphatic rings. The number of carbonyl (C=O) groups is 3. The van der Waals surface area contributed by atoms with Crippen molar-refractivity contribution in [2.24, 2.45) is 11.8 Å². The molecular formula is C26H37N3O5. The van der Waals surface area contributed by atoms with E-state index in [-0.39, 0.29) is 24.3 Å². The molecule has 3 N–H and O–H groups in total. The third-order valence-electron chi connectivity index (χ3n) is 7.49. The lowest BCUT2D eigenvalue weighted by atomic mass is 9.66. The molecule has 1 spiro atoms. The number of ether oxygens (including phenoxy) is 1. The molecule has 0 aromatic heterocycles. The summed E-state index contributed by atoms with van der Waals surface area (Å²) in [5, 5.41) is 16.4. The lowest BCUT2D eigenvalue weighted by molar-refractivity contribution is -0.150. The van der Waals surface area contributed by atoms with E-state index in [4.69, 9.17) is 4.74 Å². The molecule has 0 saturated carbocycles. The van der Waals surface area contributed by atoms with Crippen molar-refractivity contribution in [3.8, 4) is 0 Å². The number of hydrogen-bond donors (Lipinski definition) is 3. The largest absolute Gasteiger partial charge is 0.394 e. The first-order valence-electron chi connectivity index (χ1n) is 12.3. The third-order valence-corrected chi connectivity index (χ3v) is 7.49. The topological polar surface area (TPSA) is 108 Å². The lowest BCUT2D eigenvalue weighted by Gasteiger charge is -2.38. The van der Waals surface area contributed by atoms with Crippen LogP contribution in [0.2, 0.25) is 0 Å². The minimum atomic E-state index is -1.11. The quantitative estimate of drug-likeness (QED) is 0.563. The maximum Gasteiger partial charge on any atom is 0.246 e. The highest BCUT2D eigenvalue weighted by Crippen LogP contribution is 2.64. The zero-order chi connectivity index (χ0) is 24.9. The second-order valence-corrected chi connectivity index (χ2v) is 11.1. The van der Waals surface area contributed by atoms with Crippen LogP contribution in [0.5, 0.6) is 0 Å². The number of likely N-dealkylation sites (tertiary alicyclic amines) is 1. The van der Waals surface area contributed by atoms with Crippen LogP contribution in [-0.2, 0) is 19.1 Å². The molecule has 3 aliphatic heterocycles. The third kappa shape index (κ3) is 3.81. The van der Waals surface area contributed by atoms with Gasteiger partial charge in [0.15, 0.2) is 0 Å². The van der Waals surface area contributed by atoms with Gasteiger partial charge in [-0.15, -0.1) is 0 Å². The van der Waals surface area contributed by atoms with Gasteiger partial charge in [0.1, 0.15) is 11.6 Å². The van der Waals surface area contributed by atoms with Gasteiger partial charge in [-0.3, -0.25) is 14.4 Å². The fourth-order valence-corrected chi connectivity index (χ4v) is 6.23. The standard InChI is InChI=1S/C26H37N3O5/c1-6-14-27-21(31)18-19-23(33)29(17(15-30)16-10-8-7-9-11-16)20(22(32)28-24(2,3)4)26(19)13-12-25(18,5)34-26/h7-11,17-20,30H,6,12-15H2,1-5H3,(H,27,31)(H,28,32)/t17-,18-,19+,20?,25+,26?/m1/s1. The van der Waals surface area contributed by atoms with Crippen LogP contribution in [0.1, 0.15) is 65.5 Å². The van der Waals surface area contributed by atoms with E-state index >= 15 is 0 Å². The van der Waals surface area contributed by atoms with E-state index in [1.54, 1.807) is 0 Å². The molecule has 3 fully saturated rings. The van der Waals surface area contributed by atoms with Crippen LogP contribution in [0.15, 0.2) is 30.3 Å². The number of aliphatic hydroxyl groups excluding tert-OH is 1. The Kier molecular flexibility index (Phi) is 6.27. The molecule has 2 bridgehead atoms. The predicted octanol–water partition coefficient (Wildman–Crippen LogP) is 1.93. The first kappa shape index (κ1) is 24.7. The molecule has 6 atom stereocenters. The van der Waals surface area contributed by atoms with Gasteiger partial charge in [-0.2, -0.15) is 0 Å². The fourth-order valence-electron chi connectivity index (χ4n) is 6.23. The smallest absolute Gasteiger partial charge is 0.246 e. The highest BCUT2D eigenvalue weighted by molar-refractivity contribution is 5.99. The molecule has 3 heterocycles. The number of nitrogens with zero attached hydrogens (tertiary/aromatic N) is 1. The maximum atomic E-state index is 14.1. The van der Waals surface area contributed by atoms with Crippen LogP contribution < -0.4 is 10.6 Å². The molecule has 34 heavy (non-hydrogen) atoms. The Hall–Kier alpha value is -2.45. The first-order chi connectivity index (χ1) is 16.0. The van der Waals surface area contributed by atoms with E-state index in [0.717, 1.165) is 12.0 Å². The normalized spacial score (nSPS) is 33.1. The molecule has 0 radical (unpaired) electrons. The van der Waals surface area contributed by atoms with Crippen LogP contribution in [0.4, 0.5) is 0 Å². The van der Waals surface area contributed by atoms with Crippen molar-refractivity contribution in [2.45, 2.75) is 82.7 Å². The second kappa shape index (κ2) is 8.64. The van der Waals surface area contributed by atoms with Crippen LogP contribution in [-0.4, -0.2) is 63.7 Å². The Labute approximate surface area is 201 Å². The predicted molar refractivity (Wildman–Crippen MR) is 127 cm³/mol. The molecule has 3 saturated heterocycles. The van der Waals surface area contributed by atoms with E-state index < -0.39 is 40.7 Å². The van der Waals surface area contributed by atoms with Gasteiger partial charge in [-0.25, -0.2) is 0 Å². The van der Waals surface area contributed by atoms with E-state index in [2.05, 4.69) is 10.6 Å². The van der Waals surface area contributed by atoms with Crippen molar-refractivity contribution in [3.63, 3.8) is 0 Å². The second-order valence-electron chi connectivity index (χ2n) is 11.1. The van der Waals surface area contributed by atoms with Crippen molar-refractivity contribution in [1.29, 1.82) is 0 Å².